The van der Waals surface area contributed by atoms with Crippen molar-refractivity contribution in [1.29, 1.82) is 0 Å². The van der Waals surface area contributed by atoms with Crippen molar-refractivity contribution in [2.24, 2.45) is 0 Å². The fourth-order valence-corrected chi connectivity index (χ4v) is 1.76. The molecule has 0 bridgehead atoms. The van der Waals surface area contributed by atoms with E-state index in [1.54, 1.807) is 0 Å². The lowest BCUT2D eigenvalue weighted by Crippen LogP contribution is -2.21. The van der Waals surface area contributed by atoms with E-state index in [1.807, 2.05) is 0 Å². The minimum atomic E-state index is -1.46. The Hall–Kier alpha value is -1.05. The number of nitrogens with zero attached hydrogens (tertiary/aromatic N) is 1. The van der Waals surface area contributed by atoms with E-state index >= 15 is 0 Å². The van der Waals surface area contributed by atoms with Gasteiger partial charge in [-0.2, -0.15) is 13.8 Å². The molecule has 1 aromatic heterocycles. The first-order chi connectivity index (χ1) is 7.90. The number of carbonyl (C=O) groups is 1. The Balaban J connectivity index is 2.73. The van der Waals surface area contributed by atoms with Crippen LogP contribution in [-0.2, 0) is 4.79 Å². The van der Waals surface area contributed by atoms with E-state index in [-0.39, 0.29) is 16.4 Å². The average Bonchev–Trinajstić information content (AvgIpc) is 2.23. The van der Waals surface area contributed by atoms with Crippen molar-refractivity contribution in [3.63, 3.8) is 0 Å². The lowest BCUT2D eigenvalue weighted by Gasteiger charge is -2.17. The fourth-order valence-electron chi connectivity index (χ4n) is 1.17. The number of aliphatic hydroxyl groups is 2. The molecular weight excluding hydrogens is 252 g/mol. The molecule has 1 aromatic rings. The van der Waals surface area contributed by atoms with Crippen LogP contribution in [0.1, 0.15) is 18.6 Å². The maximum atomic E-state index is 12.8. The Kier molecular flexibility index (Phi) is 4.98. The first-order valence-corrected chi connectivity index (χ1v) is 5.71. The van der Waals surface area contributed by atoms with Gasteiger partial charge in [0.15, 0.2) is 5.12 Å². The lowest BCUT2D eigenvalue weighted by molar-refractivity contribution is -0.109. The van der Waals surface area contributed by atoms with Crippen molar-refractivity contribution in [3.8, 4) is 0 Å². The maximum Gasteiger partial charge on any atom is 0.215 e. The second-order valence-corrected chi connectivity index (χ2v) is 4.56. The zero-order chi connectivity index (χ0) is 13.0. The largest absolute Gasteiger partial charge is 0.389 e. The van der Waals surface area contributed by atoms with Crippen LogP contribution in [0.4, 0.5) is 8.78 Å². The molecule has 2 atom stereocenters. The van der Waals surface area contributed by atoms with E-state index < -0.39 is 24.1 Å². The van der Waals surface area contributed by atoms with Crippen molar-refractivity contribution < 1.29 is 23.8 Å². The minimum absolute atomic E-state index is 0.0535. The summed E-state index contributed by atoms with van der Waals surface area (Å²) in [4.78, 5) is 13.5. The first-order valence-electron chi connectivity index (χ1n) is 4.72. The van der Waals surface area contributed by atoms with Crippen LogP contribution in [0.5, 0.6) is 0 Å². The van der Waals surface area contributed by atoms with Crippen molar-refractivity contribution in [1.82, 2.24) is 4.98 Å². The summed E-state index contributed by atoms with van der Waals surface area (Å²) >= 11 is 0.819. The Labute approximate surface area is 101 Å². The second-order valence-electron chi connectivity index (χ2n) is 3.36. The van der Waals surface area contributed by atoms with Crippen LogP contribution < -0.4 is 0 Å². The summed E-state index contributed by atoms with van der Waals surface area (Å²) in [6, 6.07) is 1.66. The van der Waals surface area contributed by atoms with Gasteiger partial charge in [0.1, 0.15) is 6.10 Å². The molecule has 0 saturated carbocycles. The fraction of sp³-hybridized carbons (Fsp3) is 0.400. The van der Waals surface area contributed by atoms with Crippen LogP contribution in [0.25, 0.3) is 0 Å². The van der Waals surface area contributed by atoms with Gasteiger partial charge in [-0.1, -0.05) is 11.8 Å². The third-order valence-electron chi connectivity index (χ3n) is 1.95. The van der Waals surface area contributed by atoms with Gasteiger partial charge in [0.25, 0.3) is 0 Å². The number of thioether (sulfide) groups is 1. The molecule has 0 amide bonds. The third kappa shape index (κ3) is 4.37. The summed E-state index contributed by atoms with van der Waals surface area (Å²) < 4.78 is 25.5. The number of hydrogen-bond donors (Lipinski definition) is 2. The Bertz CT molecular complexity index is 396. The molecule has 7 heteroatoms. The van der Waals surface area contributed by atoms with Gasteiger partial charge in [0, 0.05) is 12.7 Å². The molecular formula is C10H11F2NO3S. The molecule has 0 aliphatic rings. The van der Waals surface area contributed by atoms with Crippen molar-refractivity contribution >= 4 is 16.9 Å². The van der Waals surface area contributed by atoms with Crippen LogP contribution in [0.3, 0.4) is 0 Å². The zero-order valence-corrected chi connectivity index (χ0v) is 9.75. The molecule has 0 aliphatic heterocycles. The SMILES string of the molecule is CC(=O)SCC(O)C(O)c1cc(F)nc(F)c1. The van der Waals surface area contributed by atoms with Gasteiger partial charge >= 0.3 is 0 Å². The highest BCUT2D eigenvalue weighted by molar-refractivity contribution is 8.13. The van der Waals surface area contributed by atoms with Crippen LogP contribution in [-0.4, -0.2) is 32.2 Å². The molecule has 4 nitrogen and oxygen atoms in total. The van der Waals surface area contributed by atoms with Gasteiger partial charge < -0.3 is 10.2 Å². The number of carbonyl (C=O) groups excluding carboxylic acids is 1. The molecule has 1 heterocycles. The van der Waals surface area contributed by atoms with E-state index in [0.29, 0.717) is 0 Å². The van der Waals surface area contributed by atoms with Crippen molar-refractivity contribution in [2.45, 2.75) is 19.1 Å². The highest BCUT2D eigenvalue weighted by Crippen LogP contribution is 2.20. The molecule has 0 fully saturated rings. The highest BCUT2D eigenvalue weighted by Gasteiger charge is 2.20. The van der Waals surface area contributed by atoms with Gasteiger partial charge in [-0.25, -0.2) is 0 Å². The topological polar surface area (TPSA) is 70.4 Å². The predicted molar refractivity (Wildman–Crippen MR) is 58.3 cm³/mol. The normalized spacial score (nSPS) is 14.4. The molecule has 0 aliphatic carbocycles. The van der Waals surface area contributed by atoms with Gasteiger partial charge in [0.2, 0.25) is 11.9 Å². The highest BCUT2D eigenvalue weighted by atomic mass is 32.2. The quantitative estimate of drug-likeness (QED) is 0.794. The van der Waals surface area contributed by atoms with Gasteiger partial charge in [-0.15, -0.1) is 0 Å². The Morgan fingerprint density at radius 1 is 1.41 bits per heavy atom. The summed E-state index contributed by atoms with van der Waals surface area (Å²) in [5.74, 6) is -2.21. The number of halogens is 2. The van der Waals surface area contributed by atoms with Crippen molar-refractivity contribution in [2.75, 3.05) is 5.75 Å². The van der Waals surface area contributed by atoms with E-state index in [9.17, 15) is 23.8 Å². The predicted octanol–water partition coefficient (Wildman–Crippen LogP) is 1.03. The van der Waals surface area contributed by atoms with Gasteiger partial charge in [-0.05, 0) is 17.7 Å². The maximum absolute atomic E-state index is 12.8. The molecule has 1 rings (SSSR count). The Morgan fingerprint density at radius 3 is 2.41 bits per heavy atom. The summed E-state index contributed by atoms with van der Waals surface area (Å²) in [5.41, 5.74) is -0.119. The monoisotopic (exact) mass is 263 g/mol. The van der Waals surface area contributed by atoms with E-state index in [1.165, 1.54) is 6.92 Å². The molecule has 2 N–H and O–H groups in total. The van der Waals surface area contributed by atoms with Crippen LogP contribution in [0, 0.1) is 11.9 Å². The number of hydrogen-bond acceptors (Lipinski definition) is 5. The molecule has 17 heavy (non-hydrogen) atoms. The number of aliphatic hydroxyl groups excluding tert-OH is 2. The first kappa shape index (κ1) is 14.0. The van der Waals surface area contributed by atoms with E-state index in [0.717, 1.165) is 23.9 Å². The zero-order valence-electron chi connectivity index (χ0n) is 8.93. The molecule has 0 spiro atoms. The van der Waals surface area contributed by atoms with Crippen molar-refractivity contribution in [3.05, 3.63) is 29.6 Å². The molecule has 0 radical (unpaired) electrons. The molecule has 0 aromatic carbocycles. The van der Waals surface area contributed by atoms with Crippen LogP contribution >= 0.6 is 11.8 Å². The summed E-state index contributed by atoms with van der Waals surface area (Å²) in [5, 5.41) is 18.9. The van der Waals surface area contributed by atoms with Crippen LogP contribution in [0.15, 0.2) is 12.1 Å². The second kappa shape index (κ2) is 6.04. The van der Waals surface area contributed by atoms with E-state index in [4.69, 9.17) is 0 Å². The number of pyridine rings is 1. The average molecular weight is 263 g/mol. The number of aromatic nitrogens is 1. The Morgan fingerprint density at radius 2 is 1.94 bits per heavy atom. The summed E-state index contributed by atoms with van der Waals surface area (Å²) in [6.45, 7) is 1.32. The van der Waals surface area contributed by atoms with Gasteiger partial charge in [0.05, 0.1) is 6.10 Å². The summed E-state index contributed by atoms with van der Waals surface area (Å²) in [7, 11) is 0. The standard InChI is InChI=1S/C10H11F2NO3S/c1-5(14)17-4-7(15)10(16)6-2-8(11)13-9(12)3-6/h2-3,7,10,15-16H,4H2,1H3. The van der Waals surface area contributed by atoms with Gasteiger partial charge in [-0.3, -0.25) is 4.79 Å². The third-order valence-corrected chi connectivity index (χ3v) is 2.86. The smallest absolute Gasteiger partial charge is 0.215 e. The molecule has 0 saturated heterocycles. The summed E-state index contributed by atoms with van der Waals surface area (Å²) in [6.07, 6.45) is -2.75. The number of rotatable bonds is 4. The molecule has 2 unspecified atom stereocenters. The minimum Gasteiger partial charge on any atom is -0.389 e. The van der Waals surface area contributed by atoms with Crippen LogP contribution in [0.2, 0.25) is 0 Å². The van der Waals surface area contributed by atoms with E-state index in [2.05, 4.69) is 4.98 Å². The lowest BCUT2D eigenvalue weighted by atomic mass is 10.1. The molecule has 94 valence electrons.